The number of hydrogen-bond donors (Lipinski definition) is 4. The highest BCUT2D eigenvalue weighted by Crippen LogP contribution is 2.52. The van der Waals surface area contributed by atoms with Crippen LogP contribution in [0, 0.1) is 29.0 Å². The van der Waals surface area contributed by atoms with E-state index in [-0.39, 0.29) is 35.2 Å². The molecule has 6 rings (SSSR count). The molecule has 2 bridgehead atoms. The van der Waals surface area contributed by atoms with E-state index < -0.39 is 22.9 Å². The summed E-state index contributed by atoms with van der Waals surface area (Å²) in [4.78, 5) is 26.3. The van der Waals surface area contributed by atoms with Gasteiger partial charge in [-0.15, -0.1) is 0 Å². The first-order valence-corrected chi connectivity index (χ1v) is 15.2. The summed E-state index contributed by atoms with van der Waals surface area (Å²) in [6.45, 7) is 3.69. The van der Waals surface area contributed by atoms with E-state index in [9.17, 15) is 19.1 Å². The summed E-state index contributed by atoms with van der Waals surface area (Å²) >= 11 is 5.70. The molecular formula is C30H43ClFN3O4. The molecule has 9 heteroatoms. The fourth-order valence-corrected chi connectivity index (χ4v) is 8.12. The van der Waals surface area contributed by atoms with Crippen molar-refractivity contribution in [2.45, 2.75) is 95.2 Å². The van der Waals surface area contributed by atoms with Gasteiger partial charge in [0.2, 0.25) is 5.91 Å². The Kier molecular flexibility index (Phi) is 8.74. The maximum atomic E-state index is 13.6. The van der Waals surface area contributed by atoms with Crippen molar-refractivity contribution >= 4 is 23.4 Å². The number of nitrogens with one attached hydrogen (secondary N) is 3. The topological polar surface area (TPSA) is 99.7 Å². The van der Waals surface area contributed by atoms with Gasteiger partial charge in [-0.2, -0.15) is 0 Å². The zero-order valence-corrected chi connectivity index (χ0v) is 23.7. The second-order valence-corrected chi connectivity index (χ2v) is 13.0. The molecule has 1 aromatic rings. The number of halogens is 2. The Labute approximate surface area is 236 Å². The SMILES string of the molecule is CC1CCNC(CNC(=O)C23CCC(NC(=O)COc4ccc(Cl)c(F)c4)(CC2)CC3O)C1C1CCCCC1. The van der Waals surface area contributed by atoms with Crippen molar-refractivity contribution in [3.05, 3.63) is 29.0 Å². The molecule has 0 aromatic heterocycles. The van der Waals surface area contributed by atoms with Crippen LogP contribution in [0.25, 0.3) is 0 Å². The molecule has 4 N–H and O–H groups in total. The first-order valence-electron chi connectivity index (χ1n) is 14.8. The van der Waals surface area contributed by atoms with Crippen molar-refractivity contribution in [3.63, 3.8) is 0 Å². The first-order chi connectivity index (χ1) is 18.7. The lowest BCUT2D eigenvalue weighted by Crippen LogP contribution is -2.66. The minimum atomic E-state index is -0.820. The number of hydrogen-bond acceptors (Lipinski definition) is 5. The number of benzene rings is 1. The van der Waals surface area contributed by atoms with Gasteiger partial charge in [-0.1, -0.05) is 50.6 Å². The molecule has 1 saturated heterocycles. The van der Waals surface area contributed by atoms with Crippen LogP contribution in [0.4, 0.5) is 4.39 Å². The molecule has 5 aliphatic rings. The summed E-state index contributed by atoms with van der Waals surface area (Å²) in [5.41, 5.74) is -1.36. The predicted molar refractivity (Wildman–Crippen MR) is 148 cm³/mol. The lowest BCUT2D eigenvalue weighted by molar-refractivity contribution is -0.156. The molecule has 4 aliphatic carbocycles. The Morgan fingerprint density at radius 3 is 2.59 bits per heavy atom. The number of carbonyl (C=O) groups is 2. The largest absolute Gasteiger partial charge is 0.484 e. The first kappa shape index (κ1) is 28.6. The van der Waals surface area contributed by atoms with Crippen LogP contribution in [-0.2, 0) is 9.59 Å². The molecule has 4 unspecified atom stereocenters. The second kappa shape index (κ2) is 11.9. The molecule has 4 atom stereocenters. The summed E-state index contributed by atoms with van der Waals surface area (Å²) in [5.74, 6) is 1.19. The Morgan fingerprint density at radius 1 is 1.15 bits per heavy atom. The number of amides is 2. The van der Waals surface area contributed by atoms with Crippen LogP contribution >= 0.6 is 11.6 Å². The van der Waals surface area contributed by atoms with Crippen molar-refractivity contribution in [1.29, 1.82) is 0 Å². The summed E-state index contributed by atoms with van der Waals surface area (Å²) in [5, 5.41) is 21.2. The molecule has 39 heavy (non-hydrogen) atoms. The zero-order chi connectivity index (χ0) is 27.6. The van der Waals surface area contributed by atoms with Gasteiger partial charge in [0.1, 0.15) is 11.6 Å². The Morgan fingerprint density at radius 2 is 1.90 bits per heavy atom. The molecule has 7 nitrogen and oxygen atoms in total. The van der Waals surface area contributed by atoms with E-state index in [1.807, 2.05) is 0 Å². The van der Waals surface area contributed by atoms with Crippen LogP contribution < -0.4 is 20.7 Å². The third kappa shape index (κ3) is 6.08. The maximum absolute atomic E-state index is 13.6. The van der Waals surface area contributed by atoms with Crippen molar-refractivity contribution in [2.75, 3.05) is 19.7 Å². The van der Waals surface area contributed by atoms with Crippen LogP contribution in [0.2, 0.25) is 5.02 Å². The van der Waals surface area contributed by atoms with Crippen molar-refractivity contribution in [2.24, 2.45) is 23.2 Å². The molecule has 1 aromatic carbocycles. The minimum Gasteiger partial charge on any atom is -0.484 e. The summed E-state index contributed by atoms with van der Waals surface area (Å²) in [6.07, 6.45) is 9.56. The highest BCUT2D eigenvalue weighted by atomic mass is 35.5. The number of piperidine rings is 1. The van der Waals surface area contributed by atoms with Gasteiger partial charge in [-0.3, -0.25) is 9.59 Å². The average molecular weight is 564 g/mol. The van der Waals surface area contributed by atoms with Crippen molar-refractivity contribution in [1.82, 2.24) is 16.0 Å². The maximum Gasteiger partial charge on any atom is 0.258 e. The molecule has 4 saturated carbocycles. The van der Waals surface area contributed by atoms with Gasteiger partial charge in [-0.05, 0) is 75.0 Å². The molecule has 5 fully saturated rings. The lowest BCUT2D eigenvalue weighted by Gasteiger charge is -2.55. The lowest BCUT2D eigenvalue weighted by atomic mass is 9.55. The standard InChI is InChI=1S/C30H43ClFN3O4/c1-19-9-14-33-24(27(19)20-5-3-2-4-6-20)17-34-28(38)30-12-10-29(11-13-30,16-25(30)36)35-26(37)18-39-21-7-8-22(31)23(32)15-21/h7-8,15,19-20,24-25,27,33,36H,2-6,9-14,16-18H2,1H3,(H,34,38)(H,35,37). The summed E-state index contributed by atoms with van der Waals surface area (Å²) < 4.78 is 19.1. The van der Waals surface area contributed by atoms with Crippen molar-refractivity contribution in [3.8, 4) is 5.75 Å². The number of aliphatic hydroxyl groups is 1. The van der Waals surface area contributed by atoms with Gasteiger partial charge in [0, 0.05) is 24.2 Å². The van der Waals surface area contributed by atoms with Crippen LogP contribution in [-0.4, -0.2) is 54.3 Å². The van der Waals surface area contributed by atoms with E-state index in [1.165, 1.54) is 50.7 Å². The minimum absolute atomic E-state index is 0.00906. The number of ether oxygens (including phenoxy) is 1. The molecule has 216 valence electrons. The van der Waals surface area contributed by atoms with Crippen molar-refractivity contribution < 1.29 is 23.8 Å². The Balaban J connectivity index is 1.14. The predicted octanol–water partition coefficient (Wildman–Crippen LogP) is 4.35. The van der Waals surface area contributed by atoms with Crippen LogP contribution in [0.1, 0.15) is 77.6 Å². The van der Waals surface area contributed by atoms with E-state index in [2.05, 4.69) is 22.9 Å². The second-order valence-electron chi connectivity index (χ2n) is 12.6. The van der Waals surface area contributed by atoms with Crippen LogP contribution in [0.5, 0.6) is 5.75 Å². The summed E-state index contributed by atoms with van der Waals surface area (Å²) in [7, 11) is 0. The van der Waals surface area contributed by atoms with Gasteiger partial charge in [0.05, 0.1) is 16.5 Å². The van der Waals surface area contributed by atoms with E-state index in [0.717, 1.165) is 18.5 Å². The fraction of sp³-hybridized carbons (Fsp3) is 0.733. The van der Waals surface area contributed by atoms with E-state index >= 15 is 0 Å². The number of fused-ring (bicyclic) bond motifs is 3. The number of carbonyl (C=O) groups excluding carboxylic acids is 2. The molecule has 1 heterocycles. The van der Waals surface area contributed by atoms with Crippen LogP contribution in [0.15, 0.2) is 18.2 Å². The molecule has 0 radical (unpaired) electrons. The highest BCUT2D eigenvalue weighted by Gasteiger charge is 2.58. The van der Waals surface area contributed by atoms with E-state index in [1.54, 1.807) is 0 Å². The van der Waals surface area contributed by atoms with Gasteiger partial charge in [0.15, 0.2) is 6.61 Å². The van der Waals surface area contributed by atoms with Crippen LogP contribution in [0.3, 0.4) is 0 Å². The van der Waals surface area contributed by atoms with Gasteiger partial charge in [-0.25, -0.2) is 4.39 Å². The molecule has 2 amide bonds. The molecule has 1 aliphatic heterocycles. The monoisotopic (exact) mass is 563 g/mol. The Bertz CT molecular complexity index is 1040. The third-order valence-corrected chi connectivity index (χ3v) is 10.6. The quantitative estimate of drug-likeness (QED) is 0.377. The normalized spacial score (nSPS) is 34.9. The van der Waals surface area contributed by atoms with Gasteiger partial charge in [0.25, 0.3) is 5.91 Å². The van der Waals surface area contributed by atoms with Gasteiger partial charge >= 0.3 is 0 Å². The third-order valence-electron chi connectivity index (χ3n) is 10.2. The average Bonchev–Trinajstić information content (AvgIpc) is 2.93. The Hall–Kier alpha value is -1.90. The summed E-state index contributed by atoms with van der Waals surface area (Å²) in [6, 6.07) is 4.31. The van der Waals surface area contributed by atoms with E-state index in [0.29, 0.717) is 50.5 Å². The van der Waals surface area contributed by atoms with Gasteiger partial charge < -0.3 is 25.8 Å². The number of aliphatic hydroxyl groups excluding tert-OH is 1. The van der Waals surface area contributed by atoms with E-state index in [4.69, 9.17) is 16.3 Å². The zero-order valence-electron chi connectivity index (χ0n) is 22.9. The smallest absolute Gasteiger partial charge is 0.258 e. The highest BCUT2D eigenvalue weighted by molar-refractivity contribution is 6.30. The molecular weight excluding hydrogens is 521 g/mol. The number of rotatable bonds is 8. The fourth-order valence-electron chi connectivity index (χ4n) is 8.00. The molecule has 0 spiro atoms.